The average molecular weight is 486 g/mol. The van der Waals surface area contributed by atoms with E-state index in [1.165, 1.54) is 0 Å². The van der Waals surface area contributed by atoms with Crippen molar-refractivity contribution in [1.82, 2.24) is 14.9 Å². The number of nitrogens with zero attached hydrogens (tertiary/aromatic N) is 4. The summed E-state index contributed by atoms with van der Waals surface area (Å²) in [5.41, 5.74) is 5.75. The van der Waals surface area contributed by atoms with Crippen LogP contribution in [0.5, 0.6) is 0 Å². The van der Waals surface area contributed by atoms with Crippen molar-refractivity contribution < 1.29 is 5.11 Å². The fourth-order valence-corrected chi connectivity index (χ4v) is 4.41. The maximum Gasteiger partial charge on any atom is 0.161 e. The van der Waals surface area contributed by atoms with Gasteiger partial charge in [0.05, 0.1) is 6.10 Å². The number of hydrogen-bond donors (Lipinski definition) is 2. The van der Waals surface area contributed by atoms with Crippen LogP contribution in [0.4, 0.5) is 5.82 Å². The van der Waals surface area contributed by atoms with Crippen LogP contribution in [0.3, 0.4) is 0 Å². The van der Waals surface area contributed by atoms with Crippen molar-refractivity contribution in [2.45, 2.75) is 38.7 Å². The van der Waals surface area contributed by atoms with Crippen molar-refractivity contribution >= 4 is 23.2 Å². The van der Waals surface area contributed by atoms with Crippen LogP contribution in [-0.2, 0) is 0 Å². The standard InChI is InChI=1S/C30H39N5O/c1-7-23(20-35(5)6)24-9-8-10-25(16-24)29-33-19-28(26(18-31-4)15-21(2)3)30(34-29)32-17-22-11-13-27(36)14-12-22/h7-10,15-16,18-20,22,27,36H,1-2,11-14,17H2,3-6H3,(H,32,33,34)/b23-20+,26-15+,31-18-/t22-,27-. The van der Waals surface area contributed by atoms with Gasteiger partial charge in [-0.1, -0.05) is 49.1 Å². The van der Waals surface area contributed by atoms with Gasteiger partial charge in [0.1, 0.15) is 5.82 Å². The Bertz CT molecular complexity index is 1150. The first-order chi connectivity index (χ1) is 17.3. The fraction of sp³-hybridized carbons (Fsp3) is 0.367. The molecule has 0 amide bonds. The first-order valence-electron chi connectivity index (χ1n) is 12.5. The zero-order valence-electron chi connectivity index (χ0n) is 22.0. The summed E-state index contributed by atoms with van der Waals surface area (Å²) in [5, 5.41) is 13.5. The lowest BCUT2D eigenvalue weighted by atomic mass is 9.87. The molecule has 0 atom stereocenters. The lowest BCUT2D eigenvalue weighted by molar-refractivity contribution is 0.111. The maximum absolute atomic E-state index is 9.88. The SMILES string of the molecule is C=C/C(=C\N(C)C)c1cccc(-c2ncc(C(/C=N\C)=C/C(=C)C)c(NC[C@H]3CC[C@H](O)CC3)n2)c1. The molecule has 1 aromatic heterocycles. The van der Waals surface area contributed by atoms with E-state index in [0.29, 0.717) is 11.7 Å². The van der Waals surface area contributed by atoms with E-state index < -0.39 is 0 Å². The summed E-state index contributed by atoms with van der Waals surface area (Å²) < 4.78 is 0. The number of hydrogen-bond acceptors (Lipinski definition) is 6. The van der Waals surface area contributed by atoms with Gasteiger partial charge in [0.2, 0.25) is 0 Å². The number of benzene rings is 1. The number of rotatable bonds is 10. The summed E-state index contributed by atoms with van der Waals surface area (Å²) in [5.74, 6) is 1.93. The lowest BCUT2D eigenvalue weighted by Gasteiger charge is -2.26. The zero-order valence-corrected chi connectivity index (χ0v) is 22.0. The van der Waals surface area contributed by atoms with Crippen molar-refractivity contribution in [1.29, 1.82) is 0 Å². The Labute approximate surface area is 215 Å². The highest BCUT2D eigenvalue weighted by Gasteiger charge is 2.20. The van der Waals surface area contributed by atoms with Crippen LogP contribution >= 0.6 is 0 Å². The normalized spacial score (nSPS) is 18.8. The third-order valence-electron chi connectivity index (χ3n) is 6.22. The van der Waals surface area contributed by atoms with Crippen LogP contribution in [-0.4, -0.2) is 60.0 Å². The van der Waals surface area contributed by atoms with Crippen LogP contribution in [0.25, 0.3) is 22.5 Å². The Balaban J connectivity index is 2.01. The highest BCUT2D eigenvalue weighted by Crippen LogP contribution is 2.29. The second-order valence-corrected chi connectivity index (χ2v) is 9.68. The molecular formula is C30H39N5O. The average Bonchev–Trinajstić information content (AvgIpc) is 2.86. The molecule has 6 nitrogen and oxygen atoms in total. The number of allylic oxidation sites excluding steroid dienone is 5. The molecule has 1 aromatic carbocycles. The quantitative estimate of drug-likeness (QED) is 0.326. The van der Waals surface area contributed by atoms with E-state index in [4.69, 9.17) is 9.97 Å². The van der Waals surface area contributed by atoms with Gasteiger partial charge in [0.15, 0.2) is 5.82 Å². The van der Waals surface area contributed by atoms with Gasteiger partial charge < -0.3 is 15.3 Å². The second kappa shape index (κ2) is 13.0. The molecule has 0 saturated heterocycles. The molecule has 36 heavy (non-hydrogen) atoms. The van der Waals surface area contributed by atoms with E-state index in [0.717, 1.165) is 71.5 Å². The van der Waals surface area contributed by atoms with Gasteiger partial charge in [-0.3, -0.25) is 4.99 Å². The van der Waals surface area contributed by atoms with Crippen molar-refractivity contribution in [2.24, 2.45) is 10.9 Å². The minimum absolute atomic E-state index is 0.164. The molecule has 0 bridgehead atoms. The molecule has 1 fully saturated rings. The van der Waals surface area contributed by atoms with Crippen molar-refractivity contribution in [3.8, 4) is 11.4 Å². The molecule has 3 rings (SSSR count). The van der Waals surface area contributed by atoms with E-state index in [1.807, 2.05) is 68.8 Å². The van der Waals surface area contributed by atoms with Gasteiger partial charge in [0.25, 0.3) is 0 Å². The molecule has 190 valence electrons. The fourth-order valence-electron chi connectivity index (χ4n) is 4.41. The smallest absolute Gasteiger partial charge is 0.161 e. The predicted octanol–water partition coefficient (Wildman–Crippen LogP) is 5.86. The van der Waals surface area contributed by atoms with Crippen LogP contribution in [0.2, 0.25) is 0 Å². The Morgan fingerprint density at radius 1 is 1.22 bits per heavy atom. The summed E-state index contributed by atoms with van der Waals surface area (Å²) in [7, 11) is 5.75. The van der Waals surface area contributed by atoms with Gasteiger partial charge >= 0.3 is 0 Å². The molecule has 1 aliphatic carbocycles. The summed E-state index contributed by atoms with van der Waals surface area (Å²) in [6.07, 6.45) is 13.2. The Kier molecular flexibility index (Phi) is 9.77. The number of anilines is 1. The van der Waals surface area contributed by atoms with Crippen LogP contribution in [0, 0.1) is 5.92 Å². The van der Waals surface area contributed by atoms with Crippen molar-refractivity contribution in [3.63, 3.8) is 0 Å². The zero-order chi connectivity index (χ0) is 26.1. The lowest BCUT2D eigenvalue weighted by Crippen LogP contribution is -2.24. The first-order valence-corrected chi connectivity index (χ1v) is 12.5. The molecule has 2 N–H and O–H groups in total. The summed E-state index contributed by atoms with van der Waals surface area (Å²) in [6, 6.07) is 8.21. The molecule has 1 aliphatic rings. The third kappa shape index (κ3) is 7.49. The molecule has 6 heteroatoms. The minimum atomic E-state index is -0.164. The Morgan fingerprint density at radius 3 is 2.61 bits per heavy atom. The van der Waals surface area contributed by atoms with E-state index in [-0.39, 0.29) is 6.10 Å². The van der Waals surface area contributed by atoms with Gasteiger partial charge in [-0.15, -0.1) is 0 Å². The van der Waals surface area contributed by atoms with E-state index in [1.54, 1.807) is 7.05 Å². The summed E-state index contributed by atoms with van der Waals surface area (Å²) in [6.45, 7) is 10.8. The second-order valence-electron chi connectivity index (χ2n) is 9.68. The van der Waals surface area contributed by atoms with Crippen LogP contribution in [0.15, 0.2) is 72.5 Å². The molecule has 0 spiro atoms. The summed E-state index contributed by atoms with van der Waals surface area (Å²) in [4.78, 5) is 16.0. The number of nitrogens with one attached hydrogen (secondary N) is 1. The van der Waals surface area contributed by atoms with E-state index in [2.05, 4.69) is 35.6 Å². The van der Waals surface area contributed by atoms with Crippen LogP contribution in [0.1, 0.15) is 43.7 Å². The highest BCUT2D eigenvalue weighted by molar-refractivity contribution is 6.12. The molecule has 1 heterocycles. The first kappa shape index (κ1) is 27.1. The van der Waals surface area contributed by atoms with Gasteiger partial charge in [-0.25, -0.2) is 9.97 Å². The van der Waals surface area contributed by atoms with Gasteiger partial charge in [-0.2, -0.15) is 0 Å². The molecule has 2 aromatic rings. The van der Waals surface area contributed by atoms with Crippen molar-refractivity contribution in [2.75, 3.05) is 33.0 Å². The third-order valence-corrected chi connectivity index (χ3v) is 6.22. The van der Waals surface area contributed by atoms with Crippen LogP contribution < -0.4 is 5.32 Å². The van der Waals surface area contributed by atoms with E-state index >= 15 is 0 Å². The number of aromatic nitrogens is 2. The monoisotopic (exact) mass is 485 g/mol. The molecule has 0 radical (unpaired) electrons. The summed E-state index contributed by atoms with van der Waals surface area (Å²) >= 11 is 0. The Hall–Kier alpha value is -3.51. The van der Waals surface area contributed by atoms with E-state index in [9.17, 15) is 5.11 Å². The minimum Gasteiger partial charge on any atom is -0.393 e. The molecular weight excluding hydrogens is 446 g/mol. The number of aliphatic imine (C=N–C) groups is 1. The van der Waals surface area contributed by atoms with Gasteiger partial charge in [-0.05, 0) is 55.7 Å². The molecule has 0 unspecified atom stereocenters. The highest BCUT2D eigenvalue weighted by atomic mass is 16.3. The topological polar surface area (TPSA) is 73.6 Å². The van der Waals surface area contributed by atoms with Crippen molar-refractivity contribution in [3.05, 3.63) is 78.7 Å². The predicted molar refractivity (Wildman–Crippen MR) is 153 cm³/mol. The molecule has 1 saturated carbocycles. The largest absolute Gasteiger partial charge is 0.393 e. The molecule has 0 aliphatic heterocycles. The number of aliphatic hydroxyl groups excluding tert-OH is 1. The number of aliphatic hydroxyl groups is 1. The Morgan fingerprint density at radius 2 is 1.97 bits per heavy atom. The van der Waals surface area contributed by atoms with Gasteiger partial charge in [0, 0.05) is 63.0 Å². The maximum atomic E-state index is 9.88.